The van der Waals surface area contributed by atoms with Crippen LogP contribution in [0.25, 0.3) is 0 Å². The van der Waals surface area contributed by atoms with E-state index >= 15 is 0 Å². The molecule has 0 aliphatic carbocycles. The Morgan fingerprint density at radius 2 is 1.92 bits per heavy atom. The van der Waals surface area contributed by atoms with E-state index in [1.165, 1.54) is 5.69 Å². The lowest BCUT2D eigenvalue weighted by Crippen LogP contribution is -2.53. The summed E-state index contributed by atoms with van der Waals surface area (Å²) in [7, 11) is 3.73. The van der Waals surface area contributed by atoms with Crippen molar-refractivity contribution in [3.05, 3.63) is 30.3 Å². The van der Waals surface area contributed by atoms with E-state index in [0.717, 1.165) is 39.0 Å². The Kier molecular flexibility index (Phi) is 5.07. The van der Waals surface area contributed by atoms with Crippen molar-refractivity contribution >= 4 is 11.6 Å². The average Bonchev–Trinajstić information content (AvgIpc) is 3.05. The van der Waals surface area contributed by atoms with Crippen LogP contribution in [-0.4, -0.2) is 61.9 Å². The first-order valence-electron chi connectivity index (χ1n) is 9.13. The molecular weight excluding hydrogens is 316 g/mol. The SMILES string of the molecule is COC(C)(C)C(=O)N1CCC2(CC1)C[C@H](N(C)c1ccccc1)CO2. The average molecular weight is 346 g/mol. The Balaban J connectivity index is 1.59. The van der Waals surface area contributed by atoms with Gasteiger partial charge in [-0.25, -0.2) is 0 Å². The molecule has 0 N–H and O–H groups in total. The second kappa shape index (κ2) is 6.96. The molecule has 1 amide bonds. The highest BCUT2D eigenvalue weighted by atomic mass is 16.5. The van der Waals surface area contributed by atoms with Crippen molar-refractivity contribution < 1.29 is 14.3 Å². The molecule has 1 atom stereocenters. The van der Waals surface area contributed by atoms with E-state index in [4.69, 9.17) is 9.47 Å². The lowest BCUT2D eigenvalue weighted by molar-refractivity contribution is -0.155. The number of amides is 1. The summed E-state index contributed by atoms with van der Waals surface area (Å²) in [5, 5.41) is 0. The van der Waals surface area contributed by atoms with Crippen LogP contribution in [0.2, 0.25) is 0 Å². The Morgan fingerprint density at radius 3 is 2.52 bits per heavy atom. The third-order valence-electron chi connectivity index (χ3n) is 5.89. The molecule has 5 nitrogen and oxygen atoms in total. The van der Waals surface area contributed by atoms with Crippen molar-refractivity contribution in [3.8, 4) is 0 Å². The van der Waals surface area contributed by atoms with Crippen LogP contribution >= 0.6 is 0 Å². The second-order valence-corrected chi connectivity index (χ2v) is 7.81. The number of piperidine rings is 1. The Hall–Kier alpha value is -1.59. The third kappa shape index (κ3) is 3.67. The summed E-state index contributed by atoms with van der Waals surface area (Å²) < 4.78 is 11.6. The molecule has 1 aromatic carbocycles. The molecule has 1 aromatic rings. The number of methoxy groups -OCH3 is 1. The molecule has 0 bridgehead atoms. The molecule has 2 heterocycles. The first-order chi connectivity index (χ1) is 11.9. The summed E-state index contributed by atoms with van der Waals surface area (Å²) in [6.45, 7) is 5.90. The molecule has 0 radical (unpaired) electrons. The Bertz CT molecular complexity index is 594. The molecule has 1 spiro atoms. The highest BCUT2D eigenvalue weighted by Gasteiger charge is 2.45. The maximum Gasteiger partial charge on any atom is 0.254 e. The van der Waals surface area contributed by atoms with Crippen molar-refractivity contribution in [2.24, 2.45) is 0 Å². The molecule has 2 aliphatic heterocycles. The fraction of sp³-hybridized carbons (Fsp3) is 0.650. The minimum Gasteiger partial charge on any atom is -0.373 e. The zero-order valence-electron chi connectivity index (χ0n) is 15.8. The number of carbonyl (C=O) groups is 1. The quantitative estimate of drug-likeness (QED) is 0.841. The number of anilines is 1. The molecular formula is C20H30N2O3. The number of hydrogen-bond acceptors (Lipinski definition) is 4. The largest absolute Gasteiger partial charge is 0.373 e. The number of para-hydroxylation sites is 1. The van der Waals surface area contributed by atoms with Gasteiger partial charge in [0.05, 0.1) is 18.2 Å². The van der Waals surface area contributed by atoms with E-state index in [1.54, 1.807) is 7.11 Å². The van der Waals surface area contributed by atoms with E-state index in [-0.39, 0.29) is 11.5 Å². The summed E-state index contributed by atoms with van der Waals surface area (Å²) >= 11 is 0. The number of likely N-dealkylation sites (N-methyl/N-ethyl adjacent to an activating group) is 1. The van der Waals surface area contributed by atoms with Crippen LogP contribution in [0, 0.1) is 0 Å². The maximum atomic E-state index is 12.6. The molecule has 3 rings (SSSR count). The zero-order chi connectivity index (χ0) is 18.1. The molecule has 138 valence electrons. The van der Waals surface area contributed by atoms with Gasteiger partial charge in [-0.3, -0.25) is 4.79 Å². The summed E-state index contributed by atoms with van der Waals surface area (Å²) in [5.74, 6) is 0.0702. The first-order valence-corrected chi connectivity index (χ1v) is 9.13. The predicted octanol–water partition coefficient (Wildman–Crippen LogP) is 2.70. The first kappa shape index (κ1) is 18.2. The van der Waals surface area contributed by atoms with Gasteiger partial charge in [0.1, 0.15) is 5.60 Å². The zero-order valence-corrected chi connectivity index (χ0v) is 15.8. The normalized spacial score (nSPS) is 23.0. The molecule has 5 heteroatoms. The summed E-state index contributed by atoms with van der Waals surface area (Å²) in [6, 6.07) is 10.8. The van der Waals surface area contributed by atoms with E-state index in [9.17, 15) is 4.79 Å². The molecule has 2 saturated heterocycles. The van der Waals surface area contributed by atoms with Gasteiger partial charge in [0.2, 0.25) is 0 Å². The van der Waals surface area contributed by atoms with Crippen LogP contribution in [0.4, 0.5) is 5.69 Å². The number of benzene rings is 1. The van der Waals surface area contributed by atoms with Crippen LogP contribution in [0.1, 0.15) is 33.1 Å². The molecule has 2 fully saturated rings. The van der Waals surface area contributed by atoms with Crippen molar-refractivity contribution in [1.29, 1.82) is 0 Å². The highest BCUT2D eigenvalue weighted by Crippen LogP contribution is 2.38. The highest BCUT2D eigenvalue weighted by molar-refractivity contribution is 5.84. The van der Waals surface area contributed by atoms with Crippen LogP contribution in [0.3, 0.4) is 0 Å². The minimum atomic E-state index is -0.753. The Morgan fingerprint density at radius 1 is 1.28 bits per heavy atom. The van der Waals surface area contributed by atoms with Crippen molar-refractivity contribution in [2.75, 3.05) is 38.8 Å². The standard InChI is InChI=1S/C20H30N2O3/c1-19(2,24-4)18(23)22-12-10-20(11-13-22)14-17(15-25-20)21(3)16-8-6-5-7-9-16/h5-9,17H,10-15H2,1-4H3/t17-/m0/s1. The van der Waals surface area contributed by atoms with Gasteiger partial charge in [0, 0.05) is 32.9 Å². The van der Waals surface area contributed by atoms with E-state index in [2.05, 4.69) is 36.2 Å². The van der Waals surface area contributed by atoms with Gasteiger partial charge in [0.15, 0.2) is 0 Å². The van der Waals surface area contributed by atoms with Gasteiger partial charge in [-0.1, -0.05) is 18.2 Å². The Labute approximate surface area is 150 Å². The third-order valence-corrected chi connectivity index (χ3v) is 5.89. The molecule has 0 saturated carbocycles. The van der Waals surface area contributed by atoms with Gasteiger partial charge in [-0.2, -0.15) is 0 Å². The molecule has 25 heavy (non-hydrogen) atoms. The van der Waals surface area contributed by atoms with E-state index < -0.39 is 5.60 Å². The van der Waals surface area contributed by atoms with Crippen molar-refractivity contribution in [2.45, 2.75) is 50.4 Å². The summed E-state index contributed by atoms with van der Waals surface area (Å²) in [6.07, 6.45) is 2.82. The number of rotatable bonds is 4. The number of carbonyl (C=O) groups excluding carboxylic acids is 1. The monoisotopic (exact) mass is 346 g/mol. The molecule has 2 aliphatic rings. The van der Waals surface area contributed by atoms with E-state index in [0.29, 0.717) is 6.04 Å². The van der Waals surface area contributed by atoms with Crippen molar-refractivity contribution in [1.82, 2.24) is 4.90 Å². The van der Waals surface area contributed by atoms with Gasteiger partial charge < -0.3 is 19.3 Å². The van der Waals surface area contributed by atoms with Crippen LogP contribution < -0.4 is 4.90 Å². The number of nitrogens with zero attached hydrogens (tertiary/aromatic N) is 2. The fourth-order valence-electron chi connectivity index (χ4n) is 3.88. The van der Waals surface area contributed by atoms with Gasteiger partial charge in [-0.15, -0.1) is 0 Å². The lowest BCUT2D eigenvalue weighted by atomic mass is 9.86. The van der Waals surface area contributed by atoms with Crippen LogP contribution in [0.5, 0.6) is 0 Å². The summed E-state index contributed by atoms with van der Waals surface area (Å²) in [4.78, 5) is 16.8. The van der Waals surface area contributed by atoms with Crippen molar-refractivity contribution in [3.63, 3.8) is 0 Å². The van der Waals surface area contributed by atoms with Gasteiger partial charge in [-0.05, 0) is 45.2 Å². The van der Waals surface area contributed by atoms with E-state index in [1.807, 2.05) is 24.8 Å². The second-order valence-electron chi connectivity index (χ2n) is 7.81. The smallest absolute Gasteiger partial charge is 0.254 e. The lowest BCUT2D eigenvalue weighted by Gasteiger charge is -2.41. The summed E-state index contributed by atoms with van der Waals surface area (Å²) in [5.41, 5.74) is 0.390. The fourth-order valence-corrected chi connectivity index (χ4v) is 3.88. The topological polar surface area (TPSA) is 42.0 Å². The minimum absolute atomic E-state index is 0.0702. The molecule has 0 aromatic heterocycles. The molecule has 0 unspecified atom stereocenters. The van der Waals surface area contributed by atoms with Crippen LogP contribution in [-0.2, 0) is 14.3 Å². The van der Waals surface area contributed by atoms with Crippen LogP contribution in [0.15, 0.2) is 30.3 Å². The number of ether oxygens (including phenoxy) is 2. The predicted molar refractivity (Wildman–Crippen MR) is 98.8 cm³/mol. The number of likely N-dealkylation sites (tertiary alicyclic amines) is 1. The number of hydrogen-bond donors (Lipinski definition) is 0. The maximum absolute atomic E-state index is 12.6. The van der Waals surface area contributed by atoms with Gasteiger partial charge >= 0.3 is 0 Å². The van der Waals surface area contributed by atoms with Gasteiger partial charge in [0.25, 0.3) is 5.91 Å².